The van der Waals surface area contributed by atoms with Gasteiger partial charge < -0.3 is 4.90 Å². The van der Waals surface area contributed by atoms with Gasteiger partial charge in [-0.15, -0.1) is 0 Å². The summed E-state index contributed by atoms with van der Waals surface area (Å²) in [6, 6.07) is 5.16. The lowest BCUT2D eigenvalue weighted by Crippen LogP contribution is -2.46. The minimum Gasteiger partial charge on any atom is -0.352 e. The van der Waals surface area contributed by atoms with Gasteiger partial charge in [0, 0.05) is 50.3 Å². The molecule has 3 aromatic rings. The van der Waals surface area contributed by atoms with E-state index in [-0.39, 0.29) is 5.82 Å². The predicted octanol–water partition coefficient (Wildman–Crippen LogP) is 2.20. The van der Waals surface area contributed by atoms with E-state index in [4.69, 9.17) is 0 Å². The average Bonchev–Trinajstić information content (AvgIpc) is 2.99. The molecule has 0 spiro atoms. The minimum atomic E-state index is -0.255. The van der Waals surface area contributed by atoms with Crippen molar-refractivity contribution in [2.75, 3.05) is 31.1 Å². The fraction of sp³-hybridized carbons (Fsp3) is 0.389. The summed E-state index contributed by atoms with van der Waals surface area (Å²) in [5.41, 5.74) is 3.26. The highest BCUT2D eigenvalue weighted by molar-refractivity contribution is 5.40. The summed E-state index contributed by atoms with van der Waals surface area (Å²) in [7, 11) is 0. The highest BCUT2D eigenvalue weighted by Crippen LogP contribution is 2.19. The van der Waals surface area contributed by atoms with Crippen LogP contribution in [0.4, 0.5) is 10.2 Å². The maximum Gasteiger partial charge on any atom is 0.234 e. The highest BCUT2D eigenvalue weighted by atomic mass is 19.1. The summed E-state index contributed by atoms with van der Waals surface area (Å²) in [4.78, 5) is 17.5. The molecule has 130 valence electrons. The normalized spacial score (nSPS) is 15.9. The Balaban J connectivity index is 1.47. The van der Waals surface area contributed by atoms with Crippen molar-refractivity contribution in [1.82, 2.24) is 24.3 Å². The van der Waals surface area contributed by atoms with E-state index in [1.54, 1.807) is 12.3 Å². The van der Waals surface area contributed by atoms with Gasteiger partial charge in [-0.3, -0.25) is 9.30 Å². The van der Waals surface area contributed by atoms with Crippen molar-refractivity contribution in [3.8, 4) is 0 Å². The number of anilines is 1. The number of halogens is 1. The molecular formula is C18H21FN6. The van der Waals surface area contributed by atoms with Crippen LogP contribution in [0.15, 0.2) is 30.6 Å². The van der Waals surface area contributed by atoms with Crippen molar-refractivity contribution in [1.29, 1.82) is 0 Å². The molecule has 0 aliphatic carbocycles. The lowest BCUT2D eigenvalue weighted by atomic mass is 10.2. The van der Waals surface area contributed by atoms with E-state index in [9.17, 15) is 4.39 Å². The number of imidazole rings is 1. The Labute approximate surface area is 145 Å². The third-order valence-electron chi connectivity index (χ3n) is 4.66. The number of fused-ring (bicyclic) bond motifs is 1. The number of aromatic nitrogens is 4. The molecule has 25 heavy (non-hydrogen) atoms. The molecule has 7 heteroatoms. The Bertz CT molecular complexity index is 898. The summed E-state index contributed by atoms with van der Waals surface area (Å²) in [6.45, 7) is 8.13. The quantitative estimate of drug-likeness (QED) is 0.732. The van der Waals surface area contributed by atoms with Crippen LogP contribution in [0.1, 0.15) is 17.1 Å². The first-order chi connectivity index (χ1) is 12.1. The summed E-state index contributed by atoms with van der Waals surface area (Å²) in [5.74, 6) is 0.948. The third-order valence-corrected chi connectivity index (χ3v) is 4.66. The second kappa shape index (κ2) is 6.40. The number of hydrogen-bond donors (Lipinski definition) is 0. The molecule has 0 atom stereocenters. The fourth-order valence-corrected chi connectivity index (χ4v) is 3.46. The second-order valence-corrected chi connectivity index (χ2v) is 6.50. The van der Waals surface area contributed by atoms with Crippen molar-refractivity contribution >= 4 is 11.6 Å². The zero-order valence-electron chi connectivity index (χ0n) is 14.5. The standard InChI is InChI=1S/C18H21FN6/c1-13-10-14(2)25-15(11-21-18(25)22-13)12-23-6-8-24(9-7-23)17-16(19)4-3-5-20-17/h3-5,10-11H,6-9,12H2,1-2H3. The molecule has 6 nitrogen and oxygen atoms in total. The van der Waals surface area contributed by atoms with Gasteiger partial charge in [0.2, 0.25) is 5.78 Å². The molecule has 1 aliphatic rings. The zero-order chi connectivity index (χ0) is 17.4. The van der Waals surface area contributed by atoms with Crippen molar-refractivity contribution < 1.29 is 4.39 Å². The Morgan fingerprint density at radius 2 is 1.92 bits per heavy atom. The van der Waals surface area contributed by atoms with E-state index < -0.39 is 0 Å². The van der Waals surface area contributed by atoms with E-state index in [2.05, 4.69) is 37.2 Å². The SMILES string of the molecule is Cc1cc(C)n2c(CN3CCN(c4ncccc4F)CC3)cnc2n1. The maximum absolute atomic E-state index is 13.9. The van der Waals surface area contributed by atoms with Crippen LogP contribution < -0.4 is 4.90 Å². The molecule has 0 amide bonds. The van der Waals surface area contributed by atoms with Gasteiger partial charge in [-0.25, -0.2) is 19.3 Å². The van der Waals surface area contributed by atoms with Crippen molar-refractivity contribution in [3.63, 3.8) is 0 Å². The van der Waals surface area contributed by atoms with Crippen LogP contribution in [0.5, 0.6) is 0 Å². The Morgan fingerprint density at radius 1 is 1.12 bits per heavy atom. The van der Waals surface area contributed by atoms with Crippen LogP contribution >= 0.6 is 0 Å². The molecule has 0 unspecified atom stereocenters. The lowest BCUT2D eigenvalue weighted by molar-refractivity contribution is 0.245. The van der Waals surface area contributed by atoms with E-state index in [1.807, 2.05) is 18.0 Å². The van der Waals surface area contributed by atoms with Crippen LogP contribution in [-0.4, -0.2) is 50.4 Å². The summed E-state index contributed by atoms with van der Waals surface area (Å²) >= 11 is 0. The molecule has 4 rings (SSSR count). The number of piperazine rings is 1. The van der Waals surface area contributed by atoms with E-state index in [1.165, 1.54) is 6.07 Å². The van der Waals surface area contributed by atoms with Crippen molar-refractivity contribution in [2.45, 2.75) is 20.4 Å². The largest absolute Gasteiger partial charge is 0.352 e. The molecule has 1 saturated heterocycles. The Hall–Kier alpha value is -2.54. The highest BCUT2D eigenvalue weighted by Gasteiger charge is 2.21. The Morgan fingerprint density at radius 3 is 2.68 bits per heavy atom. The molecule has 3 aromatic heterocycles. The fourth-order valence-electron chi connectivity index (χ4n) is 3.46. The maximum atomic E-state index is 13.9. The first-order valence-corrected chi connectivity index (χ1v) is 8.50. The second-order valence-electron chi connectivity index (χ2n) is 6.50. The molecule has 4 heterocycles. The first-order valence-electron chi connectivity index (χ1n) is 8.50. The minimum absolute atomic E-state index is 0.255. The smallest absolute Gasteiger partial charge is 0.234 e. The van der Waals surface area contributed by atoms with Gasteiger partial charge in [-0.1, -0.05) is 0 Å². The molecule has 0 bridgehead atoms. The Kier molecular flexibility index (Phi) is 4.09. The van der Waals surface area contributed by atoms with Gasteiger partial charge >= 0.3 is 0 Å². The van der Waals surface area contributed by atoms with E-state index in [0.717, 1.165) is 55.6 Å². The number of aryl methyl sites for hydroxylation is 2. The molecule has 0 radical (unpaired) electrons. The van der Waals surface area contributed by atoms with Crippen LogP contribution in [0.25, 0.3) is 5.78 Å². The topological polar surface area (TPSA) is 49.6 Å². The monoisotopic (exact) mass is 340 g/mol. The number of nitrogens with zero attached hydrogens (tertiary/aromatic N) is 6. The van der Waals surface area contributed by atoms with Crippen LogP contribution in [0, 0.1) is 19.7 Å². The van der Waals surface area contributed by atoms with Crippen molar-refractivity contribution in [2.24, 2.45) is 0 Å². The van der Waals surface area contributed by atoms with Gasteiger partial charge in [-0.2, -0.15) is 0 Å². The number of hydrogen-bond acceptors (Lipinski definition) is 5. The van der Waals surface area contributed by atoms with Crippen LogP contribution in [0.2, 0.25) is 0 Å². The predicted molar refractivity (Wildman–Crippen MR) is 94.1 cm³/mol. The number of pyridine rings is 1. The molecule has 1 aliphatic heterocycles. The molecule has 0 aromatic carbocycles. The van der Waals surface area contributed by atoms with E-state index in [0.29, 0.717) is 5.82 Å². The summed E-state index contributed by atoms with van der Waals surface area (Å²) in [5, 5.41) is 0. The molecular weight excluding hydrogens is 319 g/mol. The first kappa shape index (κ1) is 16.0. The van der Waals surface area contributed by atoms with Crippen molar-refractivity contribution in [3.05, 3.63) is 53.5 Å². The van der Waals surface area contributed by atoms with Gasteiger partial charge in [0.05, 0.1) is 11.9 Å². The lowest BCUT2D eigenvalue weighted by Gasteiger charge is -2.35. The molecule has 0 N–H and O–H groups in total. The van der Waals surface area contributed by atoms with Gasteiger partial charge in [0.25, 0.3) is 0 Å². The van der Waals surface area contributed by atoms with Gasteiger partial charge in [0.15, 0.2) is 11.6 Å². The summed E-state index contributed by atoms with van der Waals surface area (Å²) < 4.78 is 16.0. The van der Waals surface area contributed by atoms with Gasteiger partial charge in [-0.05, 0) is 32.0 Å². The molecule has 0 saturated carbocycles. The number of rotatable bonds is 3. The van der Waals surface area contributed by atoms with Gasteiger partial charge in [0.1, 0.15) is 0 Å². The van der Waals surface area contributed by atoms with Crippen LogP contribution in [-0.2, 0) is 6.54 Å². The zero-order valence-corrected chi connectivity index (χ0v) is 14.5. The third kappa shape index (κ3) is 3.07. The molecule has 1 fully saturated rings. The summed E-state index contributed by atoms with van der Waals surface area (Å²) in [6.07, 6.45) is 3.54. The average molecular weight is 340 g/mol. The van der Waals surface area contributed by atoms with E-state index >= 15 is 0 Å². The van der Waals surface area contributed by atoms with Crippen LogP contribution in [0.3, 0.4) is 0 Å².